The summed E-state index contributed by atoms with van der Waals surface area (Å²) in [4.78, 5) is 4.26. The molecule has 0 saturated carbocycles. The lowest BCUT2D eigenvalue weighted by atomic mass is 10.1. The second-order valence-electron chi connectivity index (χ2n) is 4.55. The predicted octanol–water partition coefficient (Wildman–Crippen LogP) is 2.24. The Balaban J connectivity index is 2.01. The van der Waals surface area contributed by atoms with Crippen LogP contribution in [0, 0.1) is 13.8 Å². The van der Waals surface area contributed by atoms with E-state index >= 15 is 0 Å². The Morgan fingerprint density at radius 1 is 1.33 bits per heavy atom. The van der Waals surface area contributed by atoms with Gasteiger partial charge in [0.1, 0.15) is 11.6 Å². The minimum atomic E-state index is 0.582. The van der Waals surface area contributed by atoms with Crippen molar-refractivity contribution in [3.05, 3.63) is 41.5 Å². The Kier molecular flexibility index (Phi) is 3.55. The maximum atomic E-state index is 5.97. The number of hydrogen-bond acceptors (Lipinski definition) is 3. The molecule has 0 bridgehead atoms. The highest BCUT2D eigenvalue weighted by atomic mass is 16.5. The number of rotatable bonds is 4. The summed E-state index contributed by atoms with van der Waals surface area (Å²) in [5, 5.41) is 0. The zero-order valence-electron chi connectivity index (χ0n) is 11.1. The molecule has 1 heterocycles. The number of hydrogen-bond donors (Lipinski definition) is 1. The Hall–Kier alpha value is -1.97. The molecule has 0 spiro atoms. The summed E-state index contributed by atoms with van der Waals surface area (Å²) >= 11 is 0. The minimum absolute atomic E-state index is 0.582. The van der Waals surface area contributed by atoms with Crippen LogP contribution in [0.1, 0.15) is 17.0 Å². The van der Waals surface area contributed by atoms with Crippen LogP contribution in [0.5, 0.6) is 5.75 Å². The largest absolute Gasteiger partial charge is 0.491 e. The Morgan fingerprint density at radius 3 is 2.72 bits per heavy atom. The number of ether oxygens (including phenoxy) is 1. The lowest BCUT2D eigenvalue weighted by Gasteiger charge is -2.12. The van der Waals surface area contributed by atoms with Gasteiger partial charge in [0.15, 0.2) is 0 Å². The third kappa shape index (κ3) is 2.64. The summed E-state index contributed by atoms with van der Waals surface area (Å²) in [6, 6.07) is 4.01. The summed E-state index contributed by atoms with van der Waals surface area (Å²) in [5.74, 6) is 1.80. The molecule has 0 amide bonds. The van der Waals surface area contributed by atoms with Crippen LogP contribution in [0.3, 0.4) is 0 Å². The van der Waals surface area contributed by atoms with Crippen molar-refractivity contribution in [2.24, 2.45) is 7.05 Å². The third-order valence-electron chi connectivity index (χ3n) is 2.94. The van der Waals surface area contributed by atoms with Crippen molar-refractivity contribution in [3.8, 4) is 5.75 Å². The molecule has 0 aliphatic rings. The van der Waals surface area contributed by atoms with Gasteiger partial charge in [0.2, 0.25) is 0 Å². The van der Waals surface area contributed by atoms with Gasteiger partial charge in [-0.05, 0) is 31.0 Å². The first kappa shape index (κ1) is 12.5. The quantitative estimate of drug-likeness (QED) is 0.840. The Morgan fingerprint density at radius 2 is 2.11 bits per heavy atom. The molecule has 2 N–H and O–H groups in total. The fraction of sp³-hybridized carbons (Fsp3) is 0.357. The molecule has 0 aliphatic carbocycles. The molecule has 96 valence electrons. The zero-order valence-corrected chi connectivity index (χ0v) is 11.1. The average molecular weight is 245 g/mol. The number of aryl methyl sites for hydroxylation is 3. The van der Waals surface area contributed by atoms with Crippen molar-refractivity contribution in [1.29, 1.82) is 0 Å². The molecule has 0 aliphatic heterocycles. The number of imidazole rings is 1. The number of nitrogens with two attached hydrogens (primary N) is 1. The van der Waals surface area contributed by atoms with Crippen LogP contribution >= 0.6 is 0 Å². The Bertz CT molecular complexity index is 523. The van der Waals surface area contributed by atoms with E-state index in [4.69, 9.17) is 10.5 Å². The monoisotopic (exact) mass is 245 g/mol. The van der Waals surface area contributed by atoms with Crippen LogP contribution in [0.25, 0.3) is 0 Å². The van der Waals surface area contributed by atoms with Gasteiger partial charge in [-0.15, -0.1) is 0 Å². The molecular weight excluding hydrogens is 226 g/mol. The lowest BCUT2D eigenvalue weighted by molar-refractivity contribution is 0.317. The molecule has 0 fully saturated rings. The molecule has 2 aromatic rings. The van der Waals surface area contributed by atoms with Crippen molar-refractivity contribution < 1.29 is 4.74 Å². The van der Waals surface area contributed by atoms with Crippen LogP contribution in [0.2, 0.25) is 0 Å². The first-order valence-electron chi connectivity index (χ1n) is 6.03. The van der Waals surface area contributed by atoms with Crippen LogP contribution in [-0.4, -0.2) is 16.2 Å². The number of anilines is 1. The van der Waals surface area contributed by atoms with Gasteiger partial charge >= 0.3 is 0 Å². The van der Waals surface area contributed by atoms with E-state index in [2.05, 4.69) is 11.1 Å². The van der Waals surface area contributed by atoms with E-state index in [0.29, 0.717) is 12.3 Å². The molecule has 0 radical (unpaired) electrons. The molecule has 0 saturated heterocycles. The number of aromatic nitrogens is 2. The van der Waals surface area contributed by atoms with Gasteiger partial charge in [-0.25, -0.2) is 4.98 Å². The van der Waals surface area contributed by atoms with Crippen LogP contribution in [0.15, 0.2) is 24.5 Å². The maximum absolute atomic E-state index is 5.97. The lowest BCUT2D eigenvalue weighted by Crippen LogP contribution is -2.08. The Labute approximate surface area is 107 Å². The maximum Gasteiger partial charge on any atom is 0.145 e. The minimum Gasteiger partial charge on any atom is -0.491 e. The predicted molar refractivity (Wildman–Crippen MR) is 72.7 cm³/mol. The van der Waals surface area contributed by atoms with Gasteiger partial charge in [-0.3, -0.25) is 0 Å². The fourth-order valence-electron chi connectivity index (χ4n) is 2.07. The topological polar surface area (TPSA) is 53.1 Å². The number of nitrogens with zero attached hydrogens (tertiary/aromatic N) is 2. The van der Waals surface area contributed by atoms with Gasteiger partial charge in [0.05, 0.1) is 12.3 Å². The molecule has 1 aromatic heterocycles. The molecule has 2 rings (SSSR count). The van der Waals surface area contributed by atoms with E-state index < -0.39 is 0 Å². The van der Waals surface area contributed by atoms with Gasteiger partial charge in [0.25, 0.3) is 0 Å². The molecule has 1 aromatic carbocycles. The van der Waals surface area contributed by atoms with Gasteiger partial charge in [0, 0.05) is 25.9 Å². The average Bonchev–Trinajstić information content (AvgIpc) is 2.68. The van der Waals surface area contributed by atoms with Crippen LogP contribution in [0.4, 0.5) is 5.69 Å². The van der Waals surface area contributed by atoms with Gasteiger partial charge in [-0.1, -0.05) is 6.07 Å². The van der Waals surface area contributed by atoms with Gasteiger partial charge in [-0.2, -0.15) is 0 Å². The number of nitrogen functional groups attached to an aromatic ring is 1. The molecular formula is C14H19N3O. The standard InChI is InChI=1S/C14H19N3O/c1-10-8-11(2)14(12(15)9-10)18-7-4-13-16-5-6-17(13)3/h5-6,8-9H,4,7,15H2,1-3H3. The third-order valence-corrected chi connectivity index (χ3v) is 2.94. The number of benzene rings is 1. The fourth-order valence-corrected chi connectivity index (χ4v) is 2.07. The van der Waals surface area contributed by atoms with Crippen molar-refractivity contribution in [2.75, 3.05) is 12.3 Å². The van der Waals surface area contributed by atoms with Crippen molar-refractivity contribution >= 4 is 5.69 Å². The van der Waals surface area contributed by atoms with Gasteiger partial charge < -0.3 is 15.0 Å². The van der Waals surface area contributed by atoms with E-state index in [9.17, 15) is 0 Å². The SMILES string of the molecule is Cc1cc(C)c(OCCc2nccn2C)c(N)c1. The normalized spacial score (nSPS) is 10.6. The first-order chi connectivity index (χ1) is 8.58. The second-order valence-corrected chi connectivity index (χ2v) is 4.55. The van der Waals surface area contributed by atoms with Crippen LogP contribution in [-0.2, 0) is 13.5 Å². The summed E-state index contributed by atoms with van der Waals surface area (Å²) in [7, 11) is 1.98. The molecule has 18 heavy (non-hydrogen) atoms. The summed E-state index contributed by atoms with van der Waals surface area (Å²) in [5.41, 5.74) is 8.90. The van der Waals surface area contributed by atoms with Crippen LogP contribution < -0.4 is 10.5 Å². The van der Waals surface area contributed by atoms with E-state index in [-0.39, 0.29) is 0 Å². The molecule has 4 heteroatoms. The molecule has 0 unspecified atom stereocenters. The first-order valence-corrected chi connectivity index (χ1v) is 6.03. The van der Waals surface area contributed by atoms with E-state index in [1.807, 2.05) is 37.7 Å². The second kappa shape index (κ2) is 5.12. The molecule has 4 nitrogen and oxygen atoms in total. The highest BCUT2D eigenvalue weighted by Gasteiger charge is 2.06. The summed E-state index contributed by atoms with van der Waals surface area (Å²) in [6.45, 7) is 4.62. The van der Waals surface area contributed by atoms with Crippen molar-refractivity contribution in [1.82, 2.24) is 9.55 Å². The highest BCUT2D eigenvalue weighted by Crippen LogP contribution is 2.27. The summed E-state index contributed by atoms with van der Waals surface area (Å²) in [6.07, 6.45) is 4.50. The summed E-state index contributed by atoms with van der Waals surface area (Å²) < 4.78 is 7.77. The smallest absolute Gasteiger partial charge is 0.145 e. The van der Waals surface area contributed by atoms with E-state index in [0.717, 1.165) is 29.1 Å². The zero-order chi connectivity index (χ0) is 13.1. The van der Waals surface area contributed by atoms with E-state index in [1.54, 1.807) is 6.20 Å². The van der Waals surface area contributed by atoms with E-state index in [1.165, 1.54) is 0 Å². The van der Waals surface area contributed by atoms with Crippen molar-refractivity contribution in [2.45, 2.75) is 20.3 Å². The molecule has 0 atom stereocenters. The highest BCUT2D eigenvalue weighted by molar-refractivity contribution is 5.58. The van der Waals surface area contributed by atoms with Crippen molar-refractivity contribution in [3.63, 3.8) is 0 Å².